The Balaban J connectivity index is 1.27. The summed E-state index contributed by atoms with van der Waals surface area (Å²) >= 11 is 0. The Bertz CT molecular complexity index is 1170. The highest BCUT2D eigenvalue weighted by molar-refractivity contribution is 6.23. The number of carbonyl (C=O) groups is 3. The number of carbonyl (C=O) groups excluding carboxylic acids is 3. The third-order valence-corrected chi connectivity index (χ3v) is 6.10. The van der Waals surface area contributed by atoms with Gasteiger partial charge in [0.2, 0.25) is 5.91 Å². The number of rotatable bonds is 5. The Hall–Kier alpha value is -3.78. The summed E-state index contributed by atoms with van der Waals surface area (Å²) in [5, 5.41) is 10.1. The zero-order chi connectivity index (χ0) is 22.2. The van der Waals surface area contributed by atoms with Crippen molar-refractivity contribution in [1.82, 2.24) is 20.0 Å². The van der Waals surface area contributed by atoms with Gasteiger partial charge in [-0.15, -0.1) is 0 Å². The molecule has 5 rings (SSSR count). The highest BCUT2D eigenvalue weighted by Crippen LogP contribution is 2.27. The van der Waals surface area contributed by atoms with Crippen LogP contribution in [-0.4, -0.2) is 50.3 Å². The van der Waals surface area contributed by atoms with Crippen LogP contribution in [0.4, 0.5) is 5.82 Å². The lowest BCUT2D eigenvalue weighted by Crippen LogP contribution is -2.45. The van der Waals surface area contributed by atoms with E-state index in [1.54, 1.807) is 31.2 Å². The van der Waals surface area contributed by atoms with Crippen molar-refractivity contribution in [2.75, 3.05) is 11.9 Å². The van der Waals surface area contributed by atoms with E-state index < -0.39 is 23.8 Å². The molecule has 3 amide bonds. The fourth-order valence-electron chi connectivity index (χ4n) is 4.35. The van der Waals surface area contributed by atoms with Crippen molar-refractivity contribution in [2.24, 2.45) is 0 Å². The quantitative estimate of drug-likeness (QED) is 0.608. The minimum absolute atomic E-state index is 0.327. The second-order valence-electron chi connectivity index (χ2n) is 8.17. The summed E-state index contributed by atoms with van der Waals surface area (Å²) < 4.78 is 0. The van der Waals surface area contributed by atoms with E-state index in [0.29, 0.717) is 23.5 Å². The maximum Gasteiger partial charge on any atom is 0.262 e. The van der Waals surface area contributed by atoms with Crippen molar-refractivity contribution in [3.05, 3.63) is 82.5 Å². The second kappa shape index (κ2) is 8.05. The number of aromatic amines is 1. The number of amides is 3. The molecule has 0 saturated carbocycles. The van der Waals surface area contributed by atoms with Crippen molar-refractivity contribution in [2.45, 2.75) is 32.5 Å². The number of nitrogens with one attached hydrogen (secondary N) is 2. The largest absolute Gasteiger partial charge is 0.307 e. The van der Waals surface area contributed by atoms with E-state index in [4.69, 9.17) is 0 Å². The van der Waals surface area contributed by atoms with Crippen LogP contribution >= 0.6 is 0 Å². The molecule has 0 saturated heterocycles. The molecule has 2 aliphatic rings. The number of hydrogen-bond acceptors (Lipinski definition) is 5. The lowest BCUT2D eigenvalue weighted by molar-refractivity contribution is -0.119. The summed E-state index contributed by atoms with van der Waals surface area (Å²) in [7, 11) is 0. The third kappa shape index (κ3) is 3.48. The van der Waals surface area contributed by atoms with Gasteiger partial charge in [-0.2, -0.15) is 5.10 Å². The molecular weight excluding hydrogens is 406 g/mol. The zero-order valence-corrected chi connectivity index (χ0v) is 17.7. The molecule has 8 heteroatoms. The number of hydrogen-bond donors (Lipinski definition) is 2. The molecule has 1 atom stereocenters. The standard InChI is InChI=1S/C24H23N5O3/c1-15(29-23(31)17-9-5-6-10-18(17)24(29)32)22(30)25-21-19-11-12-28(14-20(19)26-27-21)13-16-7-3-2-4-8-16/h2-10,15H,11-14H2,1H3,(H2,25,26,27,30). The molecule has 0 aliphatic carbocycles. The van der Waals surface area contributed by atoms with E-state index in [-0.39, 0.29) is 0 Å². The van der Waals surface area contributed by atoms with Gasteiger partial charge in [-0.3, -0.25) is 29.3 Å². The third-order valence-electron chi connectivity index (χ3n) is 6.10. The normalized spacial score (nSPS) is 16.6. The van der Waals surface area contributed by atoms with Crippen molar-refractivity contribution >= 4 is 23.5 Å². The van der Waals surface area contributed by atoms with Crippen LogP contribution in [0.2, 0.25) is 0 Å². The van der Waals surface area contributed by atoms with Crippen molar-refractivity contribution in [1.29, 1.82) is 0 Å². The number of nitrogens with zero attached hydrogens (tertiary/aromatic N) is 3. The molecular formula is C24H23N5O3. The molecule has 1 unspecified atom stereocenters. The van der Waals surface area contributed by atoms with Crippen LogP contribution in [0.5, 0.6) is 0 Å². The fraction of sp³-hybridized carbons (Fsp3) is 0.250. The molecule has 3 heterocycles. The summed E-state index contributed by atoms with van der Waals surface area (Å²) in [6.07, 6.45) is 0.746. The van der Waals surface area contributed by atoms with Crippen LogP contribution in [0.15, 0.2) is 54.6 Å². The van der Waals surface area contributed by atoms with Gasteiger partial charge in [-0.05, 0) is 31.0 Å². The summed E-state index contributed by atoms with van der Waals surface area (Å²) in [6.45, 7) is 3.95. The lowest BCUT2D eigenvalue weighted by Gasteiger charge is -2.27. The molecule has 3 aromatic rings. The maximum absolute atomic E-state index is 12.9. The average molecular weight is 429 g/mol. The van der Waals surface area contributed by atoms with Crippen molar-refractivity contribution in [3.63, 3.8) is 0 Å². The van der Waals surface area contributed by atoms with E-state index in [2.05, 4.69) is 32.5 Å². The molecule has 2 aromatic carbocycles. The van der Waals surface area contributed by atoms with Gasteiger partial charge >= 0.3 is 0 Å². The predicted molar refractivity (Wildman–Crippen MR) is 118 cm³/mol. The van der Waals surface area contributed by atoms with E-state index in [0.717, 1.165) is 35.7 Å². The molecule has 162 valence electrons. The first kappa shape index (κ1) is 20.1. The monoisotopic (exact) mass is 429 g/mol. The molecule has 32 heavy (non-hydrogen) atoms. The summed E-state index contributed by atoms with van der Waals surface area (Å²) in [6, 6.07) is 15.9. The minimum atomic E-state index is -0.951. The molecule has 0 bridgehead atoms. The highest BCUT2D eigenvalue weighted by atomic mass is 16.2. The van der Waals surface area contributed by atoms with Crippen LogP contribution in [-0.2, 0) is 24.3 Å². The predicted octanol–water partition coefficient (Wildman–Crippen LogP) is 2.59. The van der Waals surface area contributed by atoms with E-state index >= 15 is 0 Å². The van der Waals surface area contributed by atoms with E-state index in [1.807, 2.05) is 18.2 Å². The number of anilines is 1. The van der Waals surface area contributed by atoms with Gasteiger partial charge in [0, 0.05) is 25.2 Å². The van der Waals surface area contributed by atoms with Crippen LogP contribution in [0.25, 0.3) is 0 Å². The zero-order valence-electron chi connectivity index (χ0n) is 17.7. The number of benzene rings is 2. The van der Waals surface area contributed by atoms with Gasteiger partial charge < -0.3 is 5.32 Å². The van der Waals surface area contributed by atoms with Gasteiger partial charge in [0.25, 0.3) is 11.8 Å². The Labute approximate surface area is 185 Å². The Morgan fingerprint density at radius 2 is 1.72 bits per heavy atom. The minimum Gasteiger partial charge on any atom is -0.307 e. The summed E-state index contributed by atoms with van der Waals surface area (Å²) in [5.74, 6) is -0.879. The topological polar surface area (TPSA) is 98.4 Å². The molecule has 0 radical (unpaired) electrons. The van der Waals surface area contributed by atoms with Gasteiger partial charge in [0.1, 0.15) is 6.04 Å². The fourth-order valence-corrected chi connectivity index (χ4v) is 4.35. The van der Waals surface area contributed by atoms with Gasteiger partial charge in [0.15, 0.2) is 5.82 Å². The number of H-pyrrole nitrogens is 1. The van der Waals surface area contributed by atoms with Crippen LogP contribution in [0.1, 0.15) is 44.5 Å². The molecule has 8 nitrogen and oxygen atoms in total. The first-order valence-corrected chi connectivity index (χ1v) is 10.6. The highest BCUT2D eigenvalue weighted by Gasteiger charge is 2.41. The summed E-state index contributed by atoms with van der Waals surface area (Å²) in [5.41, 5.74) is 3.84. The summed E-state index contributed by atoms with van der Waals surface area (Å²) in [4.78, 5) is 41.6. The molecule has 1 aromatic heterocycles. The molecule has 0 fully saturated rings. The Morgan fingerprint density at radius 1 is 1.06 bits per heavy atom. The number of imide groups is 1. The van der Waals surface area contributed by atoms with Crippen LogP contribution in [0, 0.1) is 0 Å². The van der Waals surface area contributed by atoms with Gasteiger partial charge in [-0.25, -0.2) is 0 Å². The van der Waals surface area contributed by atoms with E-state index in [9.17, 15) is 14.4 Å². The molecule has 2 aliphatic heterocycles. The molecule has 2 N–H and O–H groups in total. The van der Waals surface area contributed by atoms with Gasteiger partial charge in [-0.1, -0.05) is 42.5 Å². The lowest BCUT2D eigenvalue weighted by atomic mass is 10.1. The first-order valence-electron chi connectivity index (χ1n) is 10.6. The average Bonchev–Trinajstić information content (AvgIpc) is 3.32. The molecule has 0 spiro atoms. The first-order chi connectivity index (χ1) is 15.5. The number of aromatic nitrogens is 2. The van der Waals surface area contributed by atoms with Crippen molar-refractivity contribution in [3.8, 4) is 0 Å². The smallest absolute Gasteiger partial charge is 0.262 e. The Kier molecular flexibility index (Phi) is 5.07. The SMILES string of the molecule is CC(C(=O)Nc1n[nH]c2c1CCN(Cc1ccccc1)C2)N1C(=O)c2ccccc2C1=O. The number of fused-ring (bicyclic) bond motifs is 2. The second-order valence-corrected chi connectivity index (χ2v) is 8.17. The van der Waals surface area contributed by atoms with Crippen LogP contribution < -0.4 is 5.32 Å². The van der Waals surface area contributed by atoms with E-state index in [1.165, 1.54) is 5.56 Å². The Morgan fingerprint density at radius 3 is 2.41 bits per heavy atom. The van der Waals surface area contributed by atoms with Gasteiger partial charge in [0.05, 0.1) is 16.8 Å². The van der Waals surface area contributed by atoms with Crippen molar-refractivity contribution < 1.29 is 14.4 Å². The maximum atomic E-state index is 12.9. The van der Waals surface area contributed by atoms with Crippen LogP contribution in [0.3, 0.4) is 0 Å².